The Hall–Kier alpha value is -0.860. The van der Waals surface area contributed by atoms with Gasteiger partial charge >= 0.3 is 0 Å². The number of rotatable bonds is 6. The smallest absolute Gasteiger partial charge is 0.0764 e. The summed E-state index contributed by atoms with van der Waals surface area (Å²) >= 11 is 0. The first-order valence-electron chi connectivity index (χ1n) is 8.53. The van der Waals surface area contributed by atoms with Crippen molar-refractivity contribution in [2.24, 2.45) is 0 Å². The number of aryl methyl sites for hydroxylation is 2. The van der Waals surface area contributed by atoms with Gasteiger partial charge in [0.1, 0.15) is 0 Å². The maximum Gasteiger partial charge on any atom is 0.0764 e. The molecule has 1 atom stereocenters. The summed E-state index contributed by atoms with van der Waals surface area (Å²) in [6, 6.07) is 6.42. The summed E-state index contributed by atoms with van der Waals surface area (Å²) in [6.07, 6.45) is 5.09. The maximum atomic E-state index is 11.1. The molecule has 2 rings (SSSR count). The molecule has 1 N–H and O–H groups in total. The predicted octanol–water partition coefficient (Wildman–Crippen LogP) is 3.86. The second kappa shape index (κ2) is 6.93. The zero-order valence-electron chi connectivity index (χ0n) is 14.2. The van der Waals surface area contributed by atoms with Gasteiger partial charge in [-0.1, -0.05) is 32.0 Å². The molecule has 0 bridgehead atoms. The highest BCUT2D eigenvalue weighted by Crippen LogP contribution is 2.33. The average molecular weight is 289 g/mol. The first kappa shape index (κ1) is 16.5. The highest BCUT2D eigenvalue weighted by Gasteiger charge is 2.41. The van der Waals surface area contributed by atoms with Gasteiger partial charge in [-0.3, -0.25) is 4.90 Å². The molecular weight excluding hydrogens is 258 g/mol. The third-order valence-electron chi connectivity index (χ3n) is 5.62. The molecule has 1 aromatic rings. The molecule has 118 valence electrons. The summed E-state index contributed by atoms with van der Waals surface area (Å²) in [6.45, 7) is 11.1. The number of hydrogen-bond donors (Lipinski definition) is 1. The van der Waals surface area contributed by atoms with E-state index in [0.717, 1.165) is 32.4 Å². The van der Waals surface area contributed by atoms with Crippen LogP contribution in [0.5, 0.6) is 0 Å². The Bertz CT molecular complexity index is 438. The second-order valence-corrected chi connectivity index (χ2v) is 6.60. The summed E-state index contributed by atoms with van der Waals surface area (Å²) < 4.78 is 0. The number of likely N-dealkylation sites (tertiary alicyclic amines) is 1. The molecule has 2 heteroatoms. The molecule has 2 nitrogen and oxygen atoms in total. The van der Waals surface area contributed by atoms with E-state index < -0.39 is 0 Å². The fourth-order valence-electron chi connectivity index (χ4n) is 4.10. The monoisotopic (exact) mass is 289 g/mol. The van der Waals surface area contributed by atoms with Gasteiger partial charge in [0.15, 0.2) is 0 Å². The zero-order chi connectivity index (χ0) is 15.5. The Morgan fingerprint density at radius 1 is 1.10 bits per heavy atom. The Balaban J connectivity index is 2.24. The maximum absolute atomic E-state index is 11.1. The minimum absolute atomic E-state index is 0.0504. The Morgan fingerprint density at radius 3 is 2.10 bits per heavy atom. The molecule has 0 aliphatic carbocycles. The van der Waals surface area contributed by atoms with Gasteiger partial charge in [-0.05, 0) is 69.3 Å². The quantitative estimate of drug-likeness (QED) is 0.859. The molecule has 1 aromatic carbocycles. The van der Waals surface area contributed by atoms with E-state index in [9.17, 15) is 5.11 Å². The molecule has 1 aliphatic rings. The lowest BCUT2D eigenvalue weighted by Gasteiger charge is -2.45. The van der Waals surface area contributed by atoms with Crippen LogP contribution in [0.25, 0.3) is 0 Å². The standard InChI is InChI=1S/C19H31NO/c1-5-19(6-2,20-12-7-8-13-20)18(21)14-17-15(3)10-9-11-16(17)4/h9-11,18,21H,5-8,12-14H2,1-4H3. The summed E-state index contributed by atoms with van der Waals surface area (Å²) in [5.41, 5.74) is 3.88. The van der Waals surface area contributed by atoms with Crippen molar-refractivity contribution >= 4 is 0 Å². The lowest BCUT2D eigenvalue weighted by Crippen LogP contribution is -2.55. The number of aliphatic hydroxyl groups excluding tert-OH is 1. The molecule has 1 fully saturated rings. The largest absolute Gasteiger partial charge is 0.391 e. The summed E-state index contributed by atoms with van der Waals surface area (Å²) in [5.74, 6) is 0. The van der Waals surface area contributed by atoms with Gasteiger partial charge in [0, 0.05) is 12.0 Å². The normalized spacial score (nSPS) is 18.1. The second-order valence-electron chi connectivity index (χ2n) is 6.60. The summed E-state index contributed by atoms with van der Waals surface area (Å²) in [5, 5.41) is 11.1. The number of hydrogen-bond acceptors (Lipinski definition) is 2. The average Bonchev–Trinajstić information content (AvgIpc) is 3.00. The fourth-order valence-corrected chi connectivity index (χ4v) is 4.10. The highest BCUT2D eigenvalue weighted by atomic mass is 16.3. The van der Waals surface area contributed by atoms with E-state index in [1.54, 1.807) is 0 Å². The minimum atomic E-state index is -0.287. The molecule has 0 aromatic heterocycles. The molecule has 0 amide bonds. The molecule has 21 heavy (non-hydrogen) atoms. The van der Waals surface area contributed by atoms with Gasteiger partial charge in [0.05, 0.1) is 6.10 Å². The molecular formula is C19H31NO. The zero-order valence-corrected chi connectivity index (χ0v) is 14.2. The van der Waals surface area contributed by atoms with Crippen molar-refractivity contribution in [3.05, 3.63) is 34.9 Å². The lowest BCUT2D eigenvalue weighted by atomic mass is 9.80. The molecule has 0 radical (unpaired) electrons. The van der Waals surface area contributed by atoms with Crippen LogP contribution in [-0.2, 0) is 6.42 Å². The first-order valence-corrected chi connectivity index (χ1v) is 8.53. The molecule has 0 spiro atoms. The van der Waals surface area contributed by atoms with E-state index in [-0.39, 0.29) is 11.6 Å². The Labute approximate surface area is 130 Å². The molecule has 0 saturated carbocycles. The van der Waals surface area contributed by atoms with E-state index in [4.69, 9.17) is 0 Å². The summed E-state index contributed by atoms with van der Waals surface area (Å²) in [7, 11) is 0. The van der Waals surface area contributed by atoms with Crippen molar-refractivity contribution < 1.29 is 5.11 Å². The lowest BCUT2D eigenvalue weighted by molar-refractivity contribution is -0.0271. The van der Waals surface area contributed by atoms with Crippen LogP contribution < -0.4 is 0 Å². The van der Waals surface area contributed by atoms with Crippen LogP contribution in [0, 0.1) is 13.8 Å². The topological polar surface area (TPSA) is 23.5 Å². The van der Waals surface area contributed by atoms with Gasteiger partial charge in [0.2, 0.25) is 0 Å². The highest BCUT2D eigenvalue weighted by molar-refractivity contribution is 5.34. The first-order chi connectivity index (χ1) is 10.0. The van der Waals surface area contributed by atoms with Gasteiger partial charge in [-0.2, -0.15) is 0 Å². The van der Waals surface area contributed by atoms with Gasteiger partial charge in [-0.15, -0.1) is 0 Å². The van der Waals surface area contributed by atoms with Gasteiger partial charge in [0.25, 0.3) is 0 Å². The predicted molar refractivity (Wildman–Crippen MR) is 89.7 cm³/mol. The van der Waals surface area contributed by atoms with E-state index >= 15 is 0 Å². The van der Waals surface area contributed by atoms with Crippen LogP contribution in [-0.4, -0.2) is 34.7 Å². The van der Waals surface area contributed by atoms with Crippen molar-refractivity contribution in [1.82, 2.24) is 4.90 Å². The number of nitrogens with zero attached hydrogens (tertiary/aromatic N) is 1. The SMILES string of the molecule is CCC(CC)(C(O)Cc1c(C)cccc1C)N1CCCC1. The van der Waals surface area contributed by atoms with E-state index in [1.807, 2.05) is 0 Å². The number of benzene rings is 1. The van der Waals surface area contributed by atoms with Crippen LogP contribution in [0.15, 0.2) is 18.2 Å². The van der Waals surface area contributed by atoms with Crippen molar-refractivity contribution in [1.29, 1.82) is 0 Å². The van der Waals surface area contributed by atoms with Crippen LogP contribution in [0.2, 0.25) is 0 Å². The van der Waals surface area contributed by atoms with Crippen LogP contribution in [0.3, 0.4) is 0 Å². The number of aliphatic hydroxyl groups is 1. The van der Waals surface area contributed by atoms with Gasteiger partial charge < -0.3 is 5.11 Å². The molecule has 1 heterocycles. The van der Waals surface area contributed by atoms with Crippen molar-refractivity contribution in [3.8, 4) is 0 Å². The Kier molecular flexibility index (Phi) is 5.45. The third-order valence-corrected chi connectivity index (χ3v) is 5.62. The van der Waals surface area contributed by atoms with E-state index in [2.05, 4.69) is 50.8 Å². The van der Waals surface area contributed by atoms with Gasteiger partial charge in [-0.25, -0.2) is 0 Å². The van der Waals surface area contributed by atoms with Crippen LogP contribution >= 0.6 is 0 Å². The van der Waals surface area contributed by atoms with Crippen LogP contribution in [0.4, 0.5) is 0 Å². The molecule has 1 aliphatic heterocycles. The fraction of sp³-hybridized carbons (Fsp3) is 0.684. The van der Waals surface area contributed by atoms with Crippen molar-refractivity contribution in [2.75, 3.05) is 13.1 Å². The minimum Gasteiger partial charge on any atom is -0.391 e. The van der Waals surface area contributed by atoms with Crippen molar-refractivity contribution in [2.45, 2.75) is 71.4 Å². The molecule has 1 unspecified atom stereocenters. The molecule has 1 saturated heterocycles. The van der Waals surface area contributed by atoms with Crippen LogP contribution in [0.1, 0.15) is 56.2 Å². The van der Waals surface area contributed by atoms with E-state index in [1.165, 1.54) is 29.5 Å². The van der Waals surface area contributed by atoms with Crippen molar-refractivity contribution in [3.63, 3.8) is 0 Å². The Morgan fingerprint density at radius 2 is 1.62 bits per heavy atom. The van der Waals surface area contributed by atoms with E-state index in [0.29, 0.717) is 0 Å². The summed E-state index contributed by atoms with van der Waals surface area (Å²) in [4.78, 5) is 2.55. The third kappa shape index (κ3) is 3.17.